The van der Waals surface area contributed by atoms with E-state index in [-0.39, 0.29) is 24.6 Å². The number of hydrogen-bond acceptors (Lipinski definition) is 6. The molecule has 1 aromatic rings. The molecule has 0 saturated heterocycles. The highest BCUT2D eigenvalue weighted by atomic mass is 32.2. The first-order valence-corrected chi connectivity index (χ1v) is 12.7. The van der Waals surface area contributed by atoms with Gasteiger partial charge in [0.25, 0.3) is 5.91 Å². The molecule has 8 nitrogen and oxygen atoms in total. The average molecular weight is 510 g/mol. The third-order valence-corrected chi connectivity index (χ3v) is 6.14. The van der Waals surface area contributed by atoms with Crippen molar-refractivity contribution >= 4 is 27.4 Å². The minimum Gasteiger partial charge on any atom is -0.347 e. The summed E-state index contributed by atoms with van der Waals surface area (Å²) in [6, 6.07) is -0.859. The molecule has 1 aromatic carbocycles. The van der Waals surface area contributed by atoms with Gasteiger partial charge in [-0.05, 0) is 43.4 Å². The van der Waals surface area contributed by atoms with Crippen LogP contribution in [0.5, 0.6) is 0 Å². The SMILES string of the molecule is CC[C@@H](C(=O)C(=O)NC1CC1)N(NC(c1ccc(F)cc1)C(F)(F)F)C(=O)CCCS(C)(=O)=O. The lowest BCUT2D eigenvalue weighted by Crippen LogP contribution is -2.58. The molecule has 1 aliphatic rings. The molecule has 0 aliphatic heterocycles. The van der Waals surface area contributed by atoms with Crippen LogP contribution in [0.3, 0.4) is 0 Å². The fraction of sp³-hybridized carbons (Fsp3) is 0.571. The second kappa shape index (κ2) is 11.3. The summed E-state index contributed by atoms with van der Waals surface area (Å²) in [5, 5.41) is 2.91. The van der Waals surface area contributed by atoms with Crippen molar-refractivity contribution in [3.63, 3.8) is 0 Å². The number of Topliss-reactive ketones (excluding diaryl/α,β-unsaturated/α-hetero) is 1. The first-order chi connectivity index (χ1) is 15.7. The van der Waals surface area contributed by atoms with Crippen molar-refractivity contribution in [2.45, 2.75) is 63.3 Å². The van der Waals surface area contributed by atoms with E-state index >= 15 is 0 Å². The Balaban J connectivity index is 2.35. The predicted octanol–water partition coefficient (Wildman–Crippen LogP) is 2.21. The lowest BCUT2D eigenvalue weighted by Gasteiger charge is -2.35. The number of alkyl halides is 3. The van der Waals surface area contributed by atoms with E-state index in [9.17, 15) is 40.4 Å². The van der Waals surface area contributed by atoms with Crippen molar-refractivity contribution in [2.75, 3.05) is 12.0 Å². The normalized spacial score (nSPS) is 15.9. The smallest absolute Gasteiger partial charge is 0.347 e. The molecule has 0 bridgehead atoms. The maximum Gasteiger partial charge on any atom is 0.409 e. The van der Waals surface area contributed by atoms with Gasteiger partial charge in [0.1, 0.15) is 27.7 Å². The molecule has 1 unspecified atom stereocenters. The van der Waals surface area contributed by atoms with Crippen LogP contribution in [0.2, 0.25) is 0 Å². The topological polar surface area (TPSA) is 113 Å². The van der Waals surface area contributed by atoms with E-state index in [1.165, 1.54) is 6.92 Å². The Bertz CT molecular complexity index is 995. The Morgan fingerprint density at radius 3 is 2.21 bits per heavy atom. The summed E-state index contributed by atoms with van der Waals surface area (Å²) in [6.07, 6.45) is -3.53. The van der Waals surface area contributed by atoms with Gasteiger partial charge < -0.3 is 5.32 Å². The monoisotopic (exact) mass is 509 g/mol. The van der Waals surface area contributed by atoms with Gasteiger partial charge in [-0.25, -0.2) is 18.2 Å². The highest BCUT2D eigenvalue weighted by molar-refractivity contribution is 7.90. The number of nitrogens with zero attached hydrogens (tertiary/aromatic N) is 1. The highest BCUT2D eigenvalue weighted by Crippen LogP contribution is 2.33. The number of ketones is 1. The number of nitrogens with one attached hydrogen (secondary N) is 2. The fourth-order valence-corrected chi connectivity index (χ4v) is 3.86. The molecule has 2 atom stereocenters. The highest BCUT2D eigenvalue weighted by Gasteiger charge is 2.45. The molecule has 1 fully saturated rings. The molecule has 190 valence electrons. The van der Waals surface area contributed by atoms with Gasteiger partial charge in [0.05, 0.1) is 5.75 Å². The molecule has 2 rings (SSSR count). The number of hydrazine groups is 1. The molecule has 2 N–H and O–H groups in total. The zero-order valence-electron chi connectivity index (χ0n) is 18.7. The molecule has 1 aliphatic carbocycles. The Labute approximate surface area is 195 Å². The van der Waals surface area contributed by atoms with Gasteiger partial charge in [0, 0.05) is 18.7 Å². The van der Waals surface area contributed by atoms with E-state index in [1.807, 2.05) is 5.43 Å². The maximum atomic E-state index is 13.9. The van der Waals surface area contributed by atoms with E-state index in [0.29, 0.717) is 17.9 Å². The van der Waals surface area contributed by atoms with Crippen LogP contribution in [0.25, 0.3) is 0 Å². The molecule has 0 spiro atoms. The first kappa shape index (κ1) is 27.7. The van der Waals surface area contributed by atoms with E-state index in [4.69, 9.17) is 0 Å². The molecule has 0 heterocycles. The van der Waals surface area contributed by atoms with E-state index in [0.717, 1.165) is 30.5 Å². The Kier molecular flexibility index (Phi) is 9.17. The van der Waals surface area contributed by atoms with E-state index in [2.05, 4.69) is 5.32 Å². The van der Waals surface area contributed by atoms with E-state index < -0.39 is 63.5 Å². The number of halogens is 4. The lowest BCUT2D eigenvalue weighted by atomic mass is 10.1. The Morgan fingerprint density at radius 2 is 1.74 bits per heavy atom. The van der Waals surface area contributed by atoms with Crippen molar-refractivity contribution in [3.8, 4) is 0 Å². The summed E-state index contributed by atoms with van der Waals surface area (Å²) >= 11 is 0. The number of hydrogen-bond donors (Lipinski definition) is 2. The van der Waals surface area contributed by atoms with Gasteiger partial charge in [-0.2, -0.15) is 13.2 Å². The third-order valence-electron chi connectivity index (χ3n) is 5.11. The quantitative estimate of drug-likeness (QED) is 0.254. The number of rotatable bonds is 12. The van der Waals surface area contributed by atoms with Crippen LogP contribution < -0.4 is 10.7 Å². The van der Waals surface area contributed by atoms with Gasteiger partial charge in [-0.15, -0.1) is 0 Å². The van der Waals surface area contributed by atoms with Crippen molar-refractivity contribution in [2.24, 2.45) is 0 Å². The molecule has 0 radical (unpaired) electrons. The van der Waals surface area contributed by atoms with Crippen LogP contribution in [0.15, 0.2) is 24.3 Å². The van der Waals surface area contributed by atoms with Gasteiger partial charge in [-0.1, -0.05) is 19.1 Å². The number of amides is 2. The molecule has 2 amide bonds. The van der Waals surface area contributed by atoms with Gasteiger partial charge >= 0.3 is 6.18 Å². The summed E-state index contributed by atoms with van der Waals surface area (Å²) in [6.45, 7) is 1.42. The van der Waals surface area contributed by atoms with Crippen molar-refractivity contribution < 1.29 is 40.4 Å². The average Bonchev–Trinajstić information content (AvgIpc) is 3.53. The van der Waals surface area contributed by atoms with E-state index in [1.54, 1.807) is 0 Å². The van der Waals surface area contributed by atoms with Crippen LogP contribution in [0.4, 0.5) is 17.6 Å². The standard InChI is InChI=1S/C21H27F4N3O5S/c1-3-16(18(30)20(31)26-15-10-11-15)28(17(29)5-4-12-34(2,32)33)27-19(21(23,24)25)13-6-8-14(22)9-7-13/h6-9,15-16,19,27H,3-5,10-12H2,1-2H3,(H,26,31)/t16-,19?/m0/s1. The Hall–Kier alpha value is -2.54. The van der Waals surface area contributed by atoms with Crippen LogP contribution in [0, 0.1) is 5.82 Å². The van der Waals surface area contributed by atoms with Gasteiger partial charge in [0.2, 0.25) is 11.7 Å². The number of carbonyl (C=O) groups is 3. The summed E-state index contributed by atoms with van der Waals surface area (Å²) in [7, 11) is -3.44. The summed E-state index contributed by atoms with van der Waals surface area (Å²) in [4.78, 5) is 37.9. The predicted molar refractivity (Wildman–Crippen MR) is 114 cm³/mol. The number of carbonyl (C=O) groups excluding carboxylic acids is 3. The minimum absolute atomic E-state index is 0.185. The van der Waals surface area contributed by atoms with Crippen LogP contribution in [0.1, 0.15) is 50.6 Å². The Morgan fingerprint density at radius 1 is 1.15 bits per heavy atom. The summed E-state index contributed by atoms with van der Waals surface area (Å²) in [5.41, 5.74) is 1.60. The van der Waals surface area contributed by atoms with Crippen molar-refractivity contribution in [1.82, 2.24) is 15.8 Å². The van der Waals surface area contributed by atoms with Gasteiger partial charge in [-0.3, -0.25) is 19.4 Å². The largest absolute Gasteiger partial charge is 0.409 e. The molecule has 13 heteroatoms. The molecular formula is C21H27F4N3O5S. The molecule has 1 saturated carbocycles. The van der Waals surface area contributed by atoms with Crippen molar-refractivity contribution in [3.05, 3.63) is 35.6 Å². The molecule has 34 heavy (non-hydrogen) atoms. The maximum absolute atomic E-state index is 13.9. The van der Waals surface area contributed by atoms with Crippen LogP contribution >= 0.6 is 0 Å². The molecule has 0 aromatic heterocycles. The number of benzene rings is 1. The second-order valence-corrected chi connectivity index (χ2v) is 10.4. The lowest BCUT2D eigenvalue weighted by molar-refractivity contribution is -0.178. The zero-order valence-corrected chi connectivity index (χ0v) is 19.5. The molecular weight excluding hydrogens is 482 g/mol. The third kappa shape index (κ3) is 8.35. The van der Waals surface area contributed by atoms with Crippen LogP contribution in [-0.2, 0) is 24.2 Å². The summed E-state index contributed by atoms with van der Waals surface area (Å²) < 4.78 is 77.7. The fourth-order valence-electron chi connectivity index (χ4n) is 3.19. The zero-order chi connectivity index (χ0) is 25.7. The van der Waals surface area contributed by atoms with Gasteiger partial charge in [0.15, 0.2) is 0 Å². The number of sulfone groups is 1. The summed E-state index contributed by atoms with van der Waals surface area (Å²) in [5.74, 6) is -4.26. The van der Waals surface area contributed by atoms with Crippen LogP contribution in [-0.4, -0.2) is 61.3 Å². The van der Waals surface area contributed by atoms with Crippen molar-refractivity contribution in [1.29, 1.82) is 0 Å². The first-order valence-electron chi connectivity index (χ1n) is 10.7. The second-order valence-electron chi connectivity index (χ2n) is 8.19. The minimum atomic E-state index is -4.96.